The Morgan fingerprint density at radius 3 is 2.78 bits per heavy atom. The fourth-order valence-corrected chi connectivity index (χ4v) is 3.50. The summed E-state index contributed by atoms with van der Waals surface area (Å²) in [4.78, 5) is 14.5. The van der Waals surface area contributed by atoms with E-state index in [4.69, 9.17) is 5.73 Å². The largest absolute Gasteiger partial charge is 0.383 e. The molecule has 0 bridgehead atoms. The Morgan fingerprint density at radius 1 is 1.33 bits per heavy atom. The average Bonchev–Trinajstić information content (AvgIpc) is 3.09. The lowest BCUT2D eigenvalue weighted by atomic mass is 9.96. The van der Waals surface area contributed by atoms with Gasteiger partial charge in [-0.3, -0.25) is 9.89 Å². The number of nitrogens with one attached hydrogen (secondary N) is 1. The molecule has 0 aromatic carbocycles. The van der Waals surface area contributed by atoms with Crippen molar-refractivity contribution in [1.29, 1.82) is 0 Å². The van der Waals surface area contributed by atoms with Gasteiger partial charge in [0.2, 0.25) is 0 Å². The molecule has 1 unspecified atom stereocenters. The van der Waals surface area contributed by atoms with Gasteiger partial charge in [-0.1, -0.05) is 12.8 Å². The molecular weight excluding hydrogens is 228 g/mol. The lowest BCUT2D eigenvalue weighted by molar-refractivity contribution is 0.0690. The Balaban J connectivity index is 1.78. The summed E-state index contributed by atoms with van der Waals surface area (Å²) in [5.41, 5.74) is 6.27. The molecule has 1 aromatic rings. The summed E-state index contributed by atoms with van der Waals surface area (Å²) < 4.78 is 0. The Hall–Kier alpha value is -1.52. The summed E-state index contributed by atoms with van der Waals surface area (Å²) in [6.45, 7) is 0.866. The molecule has 1 atom stereocenters. The van der Waals surface area contributed by atoms with Crippen molar-refractivity contribution in [1.82, 2.24) is 15.1 Å². The van der Waals surface area contributed by atoms with E-state index in [1.165, 1.54) is 25.7 Å². The summed E-state index contributed by atoms with van der Waals surface area (Å²) >= 11 is 0. The molecule has 0 radical (unpaired) electrons. The van der Waals surface area contributed by atoms with Crippen molar-refractivity contribution in [3.63, 3.8) is 0 Å². The van der Waals surface area contributed by atoms with E-state index in [-0.39, 0.29) is 5.91 Å². The first-order chi connectivity index (χ1) is 8.77. The van der Waals surface area contributed by atoms with Gasteiger partial charge in [0, 0.05) is 12.6 Å². The van der Waals surface area contributed by atoms with Crippen LogP contribution >= 0.6 is 0 Å². The highest BCUT2D eigenvalue weighted by Gasteiger charge is 2.36. The molecule has 1 aliphatic carbocycles. The van der Waals surface area contributed by atoms with E-state index in [2.05, 4.69) is 10.2 Å². The minimum absolute atomic E-state index is 0.0515. The Morgan fingerprint density at radius 2 is 2.11 bits per heavy atom. The molecule has 18 heavy (non-hydrogen) atoms. The zero-order valence-corrected chi connectivity index (χ0v) is 10.6. The number of aromatic nitrogens is 2. The SMILES string of the molecule is Nc1[nH]ncc1C(=O)N1CCCC1C1CCCC1. The van der Waals surface area contributed by atoms with Gasteiger partial charge in [-0.05, 0) is 31.6 Å². The topological polar surface area (TPSA) is 75.0 Å². The van der Waals surface area contributed by atoms with Gasteiger partial charge in [0.25, 0.3) is 5.91 Å². The van der Waals surface area contributed by atoms with Crippen molar-refractivity contribution in [3.8, 4) is 0 Å². The van der Waals surface area contributed by atoms with Gasteiger partial charge < -0.3 is 10.6 Å². The predicted octanol–water partition coefficient (Wildman–Crippen LogP) is 1.79. The van der Waals surface area contributed by atoms with Crippen molar-refractivity contribution < 1.29 is 4.79 Å². The second kappa shape index (κ2) is 4.63. The lowest BCUT2D eigenvalue weighted by Gasteiger charge is -2.29. The summed E-state index contributed by atoms with van der Waals surface area (Å²) in [5.74, 6) is 1.14. The predicted molar refractivity (Wildman–Crippen MR) is 69.0 cm³/mol. The first-order valence-electron chi connectivity index (χ1n) is 6.87. The number of likely N-dealkylation sites (tertiary alicyclic amines) is 1. The number of rotatable bonds is 2. The quantitative estimate of drug-likeness (QED) is 0.837. The number of H-pyrrole nitrogens is 1. The normalized spacial score (nSPS) is 24.9. The van der Waals surface area contributed by atoms with Crippen LogP contribution in [0.2, 0.25) is 0 Å². The Bertz CT molecular complexity index is 436. The van der Waals surface area contributed by atoms with E-state index in [0.29, 0.717) is 23.3 Å². The van der Waals surface area contributed by atoms with Crippen molar-refractivity contribution in [3.05, 3.63) is 11.8 Å². The van der Waals surface area contributed by atoms with Crippen LogP contribution in [0.15, 0.2) is 6.20 Å². The fraction of sp³-hybridized carbons (Fsp3) is 0.692. The maximum Gasteiger partial charge on any atom is 0.259 e. The molecular formula is C13H20N4O. The number of nitrogen functional groups attached to an aromatic ring is 1. The first kappa shape index (κ1) is 11.6. The van der Waals surface area contributed by atoms with Crippen LogP contribution < -0.4 is 5.73 Å². The molecule has 2 aliphatic rings. The Kier molecular flexibility index (Phi) is 2.97. The fourth-order valence-electron chi connectivity index (χ4n) is 3.50. The molecule has 3 N–H and O–H groups in total. The van der Waals surface area contributed by atoms with Gasteiger partial charge in [-0.15, -0.1) is 0 Å². The standard InChI is InChI=1S/C13H20N4O/c14-12-10(8-15-16-12)13(18)17-7-3-6-11(17)9-4-1-2-5-9/h8-9,11H,1-7H2,(H3,14,15,16). The molecule has 1 saturated carbocycles. The van der Waals surface area contributed by atoms with E-state index >= 15 is 0 Å². The van der Waals surface area contributed by atoms with E-state index in [0.717, 1.165) is 19.4 Å². The highest BCUT2D eigenvalue weighted by molar-refractivity contribution is 5.98. The van der Waals surface area contributed by atoms with E-state index in [1.54, 1.807) is 6.20 Å². The van der Waals surface area contributed by atoms with E-state index in [1.807, 2.05) is 4.90 Å². The van der Waals surface area contributed by atoms with Crippen molar-refractivity contribution >= 4 is 11.7 Å². The summed E-state index contributed by atoms with van der Waals surface area (Å²) in [6, 6.07) is 0.425. The second-order valence-electron chi connectivity index (χ2n) is 5.45. The number of hydrogen-bond donors (Lipinski definition) is 2. The molecule has 98 valence electrons. The number of aromatic amines is 1. The molecule has 1 amide bonds. The highest BCUT2D eigenvalue weighted by Crippen LogP contribution is 2.36. The number of nitrogens with zero attached hydrogens (tertiary/aromatic N) is 2. The van der Waals surface area contributed by atoms with Crippen LogP contribution in [0.1, 0.15) is 48.9 Å². The number of carbonyl (C=O) groups is 1. The number of nitrogens with two attached hydrogens (primary N) is 1. The average molecular weight is 248 g/mol. The summed E-state index contributed by atoms with van der Waals surface area (Å²) in [7, 11) is 0. The van der Waals surface area contributed by atoms with Crippen LogP contribution in [0.4, 0.5) is 5.82 Å². The summed E-state index contributed by atoms with van der Waals surface area (Å²) in [5, 5.41) is 6.48. The third-order valence-corrected chi connectivity index (χ3v) is 4.40. The molecule has 1 aromatic heterocycles. The van der Waals surface area contributed by atoms with Crippen LogP contribution in [0, 0.1) is 5.92 Å². The summed E-state index contributed by atoms with van der Waals surface area (Å²) in [6.07, 6.45) is 8.99. The monoisotopic (exact) mass is 248 g/mol. The maximum absolute atomic E-state index is 12.5. The number of amides is 1. The zero-order chi connectivity index (χ0) is 12.5. The van der Waals surface area contributed by atoms with Gasteiger partial charge in [-0.2, -0.15) is 5.10 Å². The van der Waals surface area contributed by atoms with Crippen LogP contribution in [-0.2, 0) is 0 Å². The number of carbonyl (C=O) groups excluding carboxylic acids is 1. The lowest BCUT2D eigenvalue weighted by Crippen LogP contribution is -2.39. The number of anilines is 1. The molecule has 3 rings (SSSR count). The molecule has 5 heteroatoms. The van der Waals surface area contributed by atoms with E-state index in [9.17, 15) is 4.79 Å². The Labute approximate surface area is 107 Å². The van der Waals surface area contributed by atoms with Gasteiger partial charge in [-0.25, -0.2) is 0 Å². The molecule has 2 fully saturated rings. The third-order valence-electron chi connectivity index (χ3n) is 4.40. The van der Waals surface area contributed by atoms with Crippen molar-refractivity contribution in [2.45, 2.75) is 44.6 Å². The van der Waals surface area contributed by atoms with Crippen LogP contribution in [0.3, 0.4) is 0 Å². The van der Waals surface area contributed by atoms with Gasteiger partial charge in [0.05, 0.1) is 6.20 Å². The van der Waals surface area contributed by atoms with Crippen LogP contribution in [0.25, 0.3) is 0 Å². The zero-order valence-electron chi connectivity index (χ0n) is 10.6. The van der Waals surface area contributed by atoms with Crippen molar-refractivity contribution in [2.75, 3.05) is 12.3 Å². The third kappa shape index (κ3) is 1.87. The second-order valence-corrected chi connectivity index (χ2v) is 5.45. The molecule has 5 nitrogen and oxygen atoms in total. The molecule has 0 spiro atoms. The van der Waals surface area contributed by atoms with Crippen LogP contribution in [0.5, 0.6) is 0 Å². The first-order valence-corrected chi connectivity index (χ1v) is 6.87. The van der Waals surface area contributed by atoms with E-state index < -0.39 is 0 Å². The van der Waals surface area contributed by atoms with Crippen LogP contribution in [-0.4, -0.2) is 33.6 Å². The van der Waals surface area contributed by atoms with Gasteiger partial charge in [0.1, 0.15) is 11.4 Å². The highest BCUT2D eigenvalue weighted by atomic mass is 16.2. The molecule has 1 aliphatic heterocycles. The van der Waals surface area contributed by atoms with Gasteiger partial charge in [0.15, 0.2) is 0 Å². The minimum Gasteiger partial charge on any atom is -0.383 e. The minimum atomic E-state index is 0.0515. The molecule has 1 saturated heterocycles. The maximum atomic E-state index is 12.5. The molecule has 2 heterocycles. The smallest absolute Gasteiger partial charge is 0.259 e. The van der Waals surface area contributed by atoms with Gasteiger partial charge >= 0.3 is 0 Å². The van der Waals surface area contributed by atoms with Crippen molar-refractivity contribution in [2.24, 2.45) is 5.92 Å². The number of hydrogen-bond acceptors (Lipinski definition) is 3.